The van der Waals surface area contributed by atoms with E-state index in [-0.39, 0.29) is 0 Å². The van der Waals surface area contributed by atoms with E-state index in [0.29, 0.717) is 0 Å². The van der Waals surface area contributed by atoms with Crippen molar-refractivity contribution in [1.29, 1.82) is 0 Å². The summed E-state index contributed by atoms with van der Waals surface area (Å²) in [6.45, 7) is 5.98. The van der Waals surface area contributed by atoms with E-state index in [1.165, 1.54) is 77.4 Å². The van der Waals surface area contributed by atoms with Crippen molar-refractivity contribution in [3.8, 4) is 0 Å². The Morgan fingerprint density at radius 3 is 2.57 bits per heavy atom. The molecule has 0 aromatic carbocycles. The molecule has 1 heterocycles. The number of hydrogen-bond acceptors (Lipinski definition) is 3. The number of fused-ring (bicyclic) bond motifs is 1. The molecule has 1 aliphatic heterocycles. The molecule has 0 aromatic heterocycles. The fourth-order valence-electron chi connectivity index (χ4n) is 4.93. The molecule has 2 unspecified atom stereocenters. The van der Waals surface area contributed by atoms with E-state index in [0.717, 1.165) is 30.0 Å². The summed E-state index contributed by atoms with van der Waals surface area (Å²) in [5.74, 6) is 1.91. The van der Waals surface area contributed by atoms with E-state index in [4.69, 9.17) is 0 Å². The van der Waals surface area contributed by atoms with Gasteiger partial charge in [0.2, 0.25) is 0 Å². The molecule has 3 rings (SSSR count). The van der Waals surface area contributed by atoms with Gasteiger partial charge < -0.3 is 16.0 Å². The maximum absolute atomic E-state index is 4.08. The molecule has 0 radical (unpaired) electrons. The Morgan fingerprint density at radius 1 is 0.952 bits per heavy atom. The van der Waals surface area contributed by atoms with E-state index in [9.17, 15) is 0 Å². The molecule has 21 heavy (non-hydrogen) atoms. The molecule has 122 valence electrons. The fraction of sp³-hybridized carbons (Fsp3) is 1.00. The normalized spacial score (nSPS) is 40.7. The van der Waals surface area contributed by atoms with Crippen LogP contribution in [-0.4, -0.2) is 37.8 Å². The zero-order valence-electron chi connectivity index (χ0n) is 13.9. The highest BCUT2D eigenvalue weighted by Gasteiger charge is 2.36. The lowest BCUT2D eigenvalue weighted by atomic mass is 9.72. The van der Waals surface area contributed by atoms with Crippen molar-refractivity contribution in [2.45, 2.75) is 82.8 Å². The van der Waals surface area contributed by atoms with Crippen molar-refractivity contribution >= 4 is 0 Å². The largest absolute Gasteiger partial charge is 0.316 e. The minimum atomic E-state index is 0.793. The summed E-state index contributed by atoms with van der Waals surface area (Å²) in [5, 5.41) is 11.4. The molecule has 3 N–H and O–H groups in total. The highest BCUT2D eigenvalue weighted by molar-refractivity contribution is 4.93. The fourth-order valence-corrected chi connectivity index (χ4v) is 4.93. The Kier molecular flexibility index (Phi) is 5.96. The maximum Gasteiger partial charge on any atom is 0.0101 e. The first-order valence-electron chi connectivity index (χ1n) is 9.57. The zero-order chi connectivity index (χ0) is 14.5. The zero-order valence-corrected chi connectivity index (χ0v) is 13.9. The maximum atomic E-state index is 4.08. The first-order chi connectivity index (χ1) is 10.4. The van der Waals surface area contributed by atoms with Gasteiger partial charge in [-0.3, -0.25) is 0 Å². The molecular formula is C18H35N3. The van der Waals surface area contributed by atoms with Crippen LogP contribution in [0.2, 0.25) is 0 Å². The van der Waals surface area contributed by atoms with Crippen LogP contribution in [0, 0.1) is 11.8 Å². The molecule has 3 atom stereocenters. The SMILES string of the molecule is CCCNC1CCC(NC2CCCC3CNCC[C@H]32)CC1. The average molecular weight is 293 g/mol. The van der Waals surface area contributed by atoms with Gasteiger partial charge in [0.15, 0.2) is 0 Å². The first-order valence-corrected chi connectivity index (χ1v) is 9.57. The lowest BCUT2D eigenvalue weighted by molar-refractivity contribution is 0.122. The third-order valence-electron chi connectivity index (χ3n) is 6.13. The third kappa shape index (κ3) is 4.20. The second kappa shape index (κ2) is 7.94. The van der Waals surface area contributed by atoms with E-state index >= 15 is 0 Å². The molecule has 0 spiro atoms. The van der Waals surface area contributed by atoms with Crippen molar-refractivity contribution in [3.05, 3.63) is 0 Å². The van der Waals surface area contributed by atoms with Crippen LogP contribution >= 0.6 is 0 Å². The summed E-state index contributed by atoms with van der Waals surface area (Å²) in [7, 11) is 0. The minimum absolute atomic E-state index is 0.793. The van der Waals surface area contributed by atoms with E-state index in [1.807, 2.05) is 0 Å². The van der Waals surface area contributed by atoms with Crippen molar-refractivity contribution in [1.82, 2.24) is 16.0 Å². The third-order valence-corrected chi connectivity index (χ3v) is 6.13. The summed E-state index contributed by atoms with van der Waals surface area (Å²) >= 11 is 0. The lowest BCUT2D eigenvalue weighted by Crippen LogP contribution is -2.53. The number of hydrogen-bond donors (Lipinski definition) is 3. The van der Waals surface area contributed by atoms with Crippen LogP contribution in [0.4, 0.5) is 0 Å². The highest BCUT2D eigenvalue weighted by Crippen LogP contribution is 2.35. The smallest absolute Gasteiger partial charge is 0.0101 e. The van der Waals surface area contributed by atoms with Crippen molar-refractivity contribution in [2.24, 2.45) is 11.8 Å². The van der Waals surface area contributed by atoms with Gasteiger partial charge in [0.05, 0.1) is 0 Å². The molecule has 0 amide bonds. The molecule has 0 bridgehead atoms. The first kappa shape index (κ1) is 15.8. The highest BCUT2D eigenvalue weighted by atomic mass is 15.0. The minimum Gasteiger partial charge on any atom is -0.316 e. The van der Waals surface area contributed by atoms with Gasteiger partial charge in [0.25, 0.3) is 0 Å². The van der Waals surface area contributed by atoms with Crippen LogP contribution < -0.4 is 16.0 Å². The van der Waals surface area contributed by atoms with Gasteiger partial charge in [-0.15, -0.1) is 0 Å². The van der Waals surface area contributed by atoms with Crippen LogP contribution in [0.15, 0.2) is 0 Å². The Labute approximate surface area is 131 Å². The number of nitrogens with one attached hydrogen (secondary N) is 3. The summed E-state index contributed by atoms with van der Waals surface area (Å²) in [6.07, 6.45) is 12.5. The van der Waals surface area contributed by atoms with Gasteiger partial charge in [-0.1, -0.05) is 13.3 Å². The molecule has 2 saturated carbocycles. The standard InChI is InChI=1S/C18H35N3/c1-2-11-20-15-6-8-16(9-7-15)21-18-5-3-4-14-13-19-12-10-17(14)18/h14-21H,2-13H2,1H3/t14?,15?,16?,17-,18?/m1/s1. The topological polar surface area (TPSA) is 36.1 Å². The number of piperidine rings is 1. The Morgan fingerprint density at radius 2 is 1.76 bits per heavy atom. The number of rotatable bonds is 5. The molecule has 2 aliphatic carbocycles. The predicted octanol–water partition coefficient (Wildman–Crippen LogP) is 2.67. The van der Waals surface area contributed by atoms with Crippen LogP contribution in [0.25, 0.3) is 0 Å². The van der Waals surface area contributed by atoms with E-state index in [1.54, 1.807) is 0 Å². The molecule has 1 saturated heterocycles. The van der Waals surface area contributed by atoms with E-state index in [2.05, 4.69) is 22.9 Å². The van der Waals surface area contributed by atoms with Gasteiger partial charge in [-0.05, 0) is 82.8 Å². The van der Waals surface area contributed by atoms with Crippen molar-refractivity contribution in [3.63, 3.8) is 0 Å². The average Bonchev–Trinajstić information content (AvgIpc) is 2.55. The van der Waals surface area contributed by atoms with Crippen molar-refractivity contribution in [2.75, 3.05) is 19.6 Å². The molecule has 3 heteroatoms. The lowest BCUT2D eigenvalue weighted by Gasteiger charge is -2.44. The molecule has 3 fully saturated rings. The van der Waals surface area contributed by atoms with Gasteiger partial charge in [0.1, 0.15) is 0 Å². The molecule has 0 aromatic rings. The summed E-state index contributed by atoms with van der Waals surface area (Å²) < 4.78 is 0. The summed E-state index contributed by atoms with van der Waals surface area (Å²) in [5.41, 5.74) is 0. The summed E-state index contributed by atoms with van der Waals surface area (Å²) in [4.78, 5) is 0. The van der Waals surface area contributed by atoms with Gasteiger partial charge in [0, 0.05) is 18.1 Å². The summed E-state index contributed by atoms with van der Waals surface area (Å²) in [6, 6.07) is 2.40. The van der Waals surface area contributed by atoms with Gasteiger partial charge in [-0.2, -0.15) is 0 Å². The van der Waals surface area contributed by atoms with Crippen LogP contribution in [-0.2, 0) is 0 Å². The molecule has 3 aliphatic rings. The van der Waals surface area contributed by atoms with E-state index < -0.39 is 0 Å². The molecular weight excluding hydrogens is 258 g/mol. The molecule has 3 nitrogen and oxygen atoms in total. The Balaban J connectivity index is 1.44. The second-order valence-electron chi connectivity index (χ2n) is 7.62. The quantitative estimate of drug-likeness (QED) is 0.729. The van der Waals surface area contributed by atoms with Crippen LogP contribution in [0.3, 0.4) is 0 Å². The Bertz CT molecular complexity index is 297. The van der Waals surface area contributed by atoms with Crippen LogP contribution in [0.5, 0.6) is 0 Å². The van der Waals surface area contributed by atoms with Crippen LogP contribution in [0.1, 0.15) is 64.7 Å². The van der Waals surface area contributed by atoms with Crippen molar-refractivity contribution < 1.29 is 0 Å². The van der Waals surface area contributed by atoms with Gasteiger partial charge >= 0.3 is 0 Å². The second-order valence-corrected chi connectivity index (χ2v) is 7.62. The predicted molar refractivity (Wildman–Crippen MR) is 89.6 cm³/mol. The Hall–Kier alpha value is -0.120. The monoisotopic (exact) mass is 293 g/mol. The van der Waals surface area contributed by atoms with Gasteiger partial charge in [-0.25, -0.2) is 0 Å².